The summed E-state index contributed by atoms with van der Waals surface area (Å²) in [6.07, 6.45) is 1.60. The van der Waals surface area contributed by atoms with Crippen LogP contribution >= 0.6 is 0 Å². The van der Waals surface area contributed by atoms with Crippen molar-refractivity contribution in [3.63, 3.8) is 0 Å². The van der Waals surface area contributed by atoms with Gasteiger partial charge in [0.1, 0.15) is 0 Å². The van der Waals surface area contributed by atoms with E-state index >= 15 is 0 Å². The van der Waals surface area contributed by atoms with Gasteiger partial charge < -0.3 is 5.11 Å². The van der Waals surface area contributed by atoms with Crippen molar-refractivity contribution in [2.24, 2.45) is 7.05 Å². The zero-order valence-electron chi connectivity index (χ0n) is 11.8. The number of anilines is 1. The summed E-state index contributed by atoms with van der Waals surface area (Å²) in [5.41, 5.74) is 0.944. The third-order valence-electron chi connectivity index (χ3n) is 2.99. The molecule has 1 aromatic heterocycles. The summed E-state index contributed by atoms with van der Waals surface area (Å²) >= 11 is 0. The summed E-state index contributed by atoms with van der Waals surface area (Å²) in [6, 6.07) is 4.22. The topological polar surface area (TPSA) is 101 Å². The molecule has 8 heteroatoms. The Morgan fingerprint density at radius 2 is 1.95 bits per heavy atom. The third-order valence-corrected chi connectivity index (χ3v) is 4.49. The fraction of sp³-hybridized carbons (Fsp3) is 0.231. The molecule has 0 atom stereocenters. The molecular formula is C13H15N3O4S. The van der Waals surface area contributed by atoms with E-state index < -0.39 is 16.0 Å². The molecule has 0 unspecified atom stereocenters. The number of rotatable bonds is 4. The summed E-state index contributed by atoms with van der Waals surface area (Å²) < 4.78 is 28.5. The highest BCUT2D eigenvalue weighted by atomic mass is 32.2. The second-order valence-electron chi connectivity index (χ2n) is 4.72. The molecule has 2 rings (SSSR count). The van der Waals surface area contributed by atoms with Gasteiger partial charge in [0.05, 0.1) is 10.5 Å². The maximum Gasteiger partial charge on any atom is 0.335 e. The number of sulfonamides is 1. The van der Waals surface area contributed by atoms with Gasteiger partial charge in [0, 0.05) is 19.3 Å². The Bertz CT molecular complexity index is 809. The molecule has 0 aliphatic carbocycles. The van der Waals surface area contributed by atoms with Crippen LogP contribution in [-0.2, 0) is 17.1 Å². The molecule has 0 bridgehead atoms. The molecule has 2 N–H and O–H groups in total. The summed E-state index contributed by atoms with van der Waals surface area (Å²) in [6.45, 7) is 3.24. The van der Waals surface area contributed by atoms with Gasteiger partial charge in [-0.1, -0.05) is 6.07 Å². The molecule has 2 aromatic rings. The number of hydrogen-bond acceptors (Lipinski definition) is 4. The van der Waals surface area contributed by atoms with Crippen LogP contribution in [-0.4, -0.2) is 29.3 Å². The molecule has 112 valence electrons. The lowest BCUT2D eigenvalue weighted by molar-refractivity contribution is 0.0696. The van der Waals surface area contributed by atoms with E-state index in [9.17, 15) is 13.2 Å². The van der Waals surface area contributed by atoms with Crippen molar-refractivity contribution in [3.05, 3.63) is 41.1 Å². The predicted molar refractivity (Wildman–Crippen MR) is 76.9 cm³/mol. The average molecular weight is 309 g/mol. The first-order valence-electron chi connectivity index (χ1n) is 6.08. The Morgan fingerprint density at radius 1 is 1.29 bits per heavy atom. The van der Waals surface area contributed by atoms with E-state index in [1.54, 1.807) is 27.1 Å². The molecule has 7 nitrogen and oxygen atoms in total. The fourth-order valence-electron chi connectivity index (χ4n) is 2.01. The maximum absolute atomic E-state index is 12.4. The van der Waals surface area contributed by atoms with Crippen LogP contribution in [0.15, 0.2) is 29.3 Å². The maximum atomic E-state index is 12.4. The monoisotopic (exact) mass is 309 g/mol. The smallest absolute Gasteiger partial charge is 0.335 e. The predicted octanol–water partition coefficient (Wildman–Crippen LogP) is 1.54. The molecule has 0 spiro atoms. The van der Waals surface area contributed by atoms with E-state index in [2.05, 4.69) is 9.82 Å². The van der Waals surface area contributed by atoms with Gasteiger partial charge in [-0.3, -0.25) is 9.40 Å². The van der Waals surface area contributed by atoms with Crippen molar-refractivity contribution in [3.8, 4) is 0 Å². The Kier molecular flexibility index (Phi) is 3.73. The Balaban J connectivity index is 2.49. The van der Waals surface area contributed by atoms with Crippen LogP contribution in [0.4, 0.5) is 5.82 Å². The van der Waals surface area contributed by atoms with E-state index in [1.165, 1.54) is 16.8 Å². The van der Waals surface area contributed by atoms with Gasteiger partial charge in [-0.05, 0) is 31.0 Å². The number of carboxylic acids is 1. The highest BCUT2D eigenvalue weighted by molar-refractivity contribution is 7.92. The number of aryl methyl sites for hydroxylation is 3. The van der Waals surface area contributed by atoms with E-state index in [-0.39, 0.29) is 16.3 Å². The molecule has 0 aliphatic rings. The van der Waals surface area contributed by atoms with Crippen LogP contribution in [0.1, 0.15) is 21.5 Å². The second kappa shape index (κ2) is 5.21. The largest absolute Gasteiger partial charge is 0.478 e. The lowest BCUT2D eigenvalue weighted by atomic mass is 10.1. The van der Waals surface area contributed by atoms with Crippen molar-refractivity contribution in [1.82, 2.24) is 9.78 Å². The first kappa shape index (κ1) is 15.0. The molecule has 0 amide bonds. The highest BCUT2D eigenvalue weighted by Crippen LogP contribution is 2.22. The number of aromatic nitrogens is 2. The van der Waals surface area contributed by atoms with E-state index in [4.69, 9.17) is 5.11 Å². The molecule has 21 heavy (non-hydrogen) atoms. The van der Waals surface area contributed by atoms with Crippen molar-refractivity contribution >= 4 is 21.8 Å². The summed E-state index contributed by atoms with van der Waals surface area (Å²) in [5, 5.41) is 13.0. The lowest BCUT2D eigenvalue weighted by Crippen LogP contribution is -2.16. The van der Waals surface area contributed by atoms with Crippen molar-refractivity contribution < 1.29 is 18.3 Å². The standard InChI is InChI=1S/C13H15N3O4S/c1-8-6-9(2)11(7-10(8)13(17)18)21(19,20)15-12-4-5-16(3)14-12/h4-7H,1-3H3,(H,14,15)(H,17,18). The van der Waals surface area contributed by atoms with E-state index in [0.29, 0.717) is 11.1 Å². The Morgan fingerprint density at radius 3 is 2.48 bits per heavy atom. The van der Waals surface area contributed by atoms with Crippen molar-refractivity contribution in [2.75, 3.05) is 4.72 Å². The lowest BCUT2D eigenvalue weighted by Gasteiger charge is -2.11. The van der Waals surface area contributed by atoms with Gasteiger partial charge >= 0.3 is 5.97 Å². The number of hydrogen-bond donors (Lipinski definition) is 2. The first-order valence-corrected chi connectivity index (χ1v) is 7.56. The van der Waals surface area contributed by atoms with Gasteiger partial charge in [-0.2, -0.15) is 5.10 Å². The van der Waals surface area contributed by atoms with Crippen LogP contribution in [0.5, 0.6) is 0 Å². The highest BCUT2D eigenvalue weighted by Gasteiger charge is 2.21. The molecule has 1 heterocycles. The third kappa shape index (κ3) is 3.05. The van der Waals surface area contributed by atoms with Crippen LogP contribution in [0.3, 0.4) is 0 Å². The quantitative estimate of drug-likeness (QED) is 0.892. The molecule has 0 saturated carbocycles. The fourth-order valence-corrected chi connectivity index (χ4v) is 3.26. The Labute approximate surface area is 122 Å². The SMILES string of the molecule is Cc1cc(C)c(S(=O)(=O)Nc2ccn(C)n2)cc1C(=O)O. The second-order valence-corrected chi connectivity index (χ2v) is 6.37. The zero-order chi connectivity index (χ0) is 15.8. The van der Waals surface area contributed by atoms with Gasteiger partial charge in [0.15, 0.2) is 5.82 Å². The molecule has 0 aliphatic heterocycles. The minimum Gasteiger partial charge on any atom is -0.478 e. The number of aromatic carboxylic acids is 1. The van der Waals surface area contributed by atoms with E-state index in [0.717, 1.165) is 6.07 Å². The van der Waals surface area contributed by atoms with Gasteiger partial charge in [0.2, 0.25) is 0 Å². The number of benzene rings is 1. The molecule has 0 fully saturated rings. The van der Waals surface area contributed by atoms with Gasteiger partial charge in [-0.25, -0.2) is 13.2 Å². The number of carboxylic acid groups (broad SMARTS) is 1. The van der Waals surface area contributed by atoms with Crippen LogP contribution < -0.4 is 4.72 Å². The molecule has 1 aromatic carbocycles. The average Bonchev–Trinajstić information content (AvgIpc) is 2.72. The Hall–Kier alpha value is -2.35. The van der Waals surface area contributed by atoms with Gasteiger partial charge in [0.25, 0.3) is 10.0 Å². The number of carbonyl (C=O) groups is 1. The summed E-state index contributed by atoms with van der Waals surface area (Å²) in [5.74, 6) is -0.990. The van der Waals surface area contributed by atoms with Crippen LogP contribution in [0.25, 0.3) is 0 Å². The first-order chi connectivity index (χ1) is 9.70. The van der Waals surface area contributed by atoms with Crippen LogP contribution in [0, 0.1) is 13.8 Å². The molecular weight excluding hydrogens is 294 g/mol. The van der Waals surface area contributed by atoms with Crippen molar-refractivity contribution in [1.29, 1.82) is 0 Å². The normalized spacial score (nSPS) is 11.4. The van der Waals surface area contributed by atoms with E-state index in [1.807, 2.05) is 0 Å². The zero-order valence-corrected chi connectivity index (χ0v) is 12.6. The summed E-state index contributed by atoms with van der Waals surface area (Å²) in [4.78, 5) is 11.1. The molecule has 0 saturated heterocycles. The minimum atomic E-state index is -3.89. The van der Waals surface area contributed by atoms with Crippen LogP contribution in [0.2, 0.25) is 0 Å². The number of nitrogens with one attached hydrogen (secondary N) is 1. The summed E-state index contributed by atoms with van der Waals surface area (Å²) in [7, 11) is -2.23. The van der Waals surface area contributed by atoms with Crippen molar-refractivity contribution in [2.45, 2.75) is 18.7 Å². The number of nitrogens with zero attached hydrogens (tertiary/aromatic N) is 2. The minimum absolute atomic E-state index is 0.0398. The van der Waals surface area contributed by atoms with Gasteiger partial charge in [-0.15, -0.1) is 0 Å². The molecule has 0 radical (unpaired) electrons.